The zero-order valence-electron chi connectivity index (χ0n) is 18.5. The summed E-state index contributed by atoms with van der Waals surface area (Å²) in [7, 11) is -3.02. The first-order chi connectivity index (χ1) is 14.4. The summed E-state index contributed by atoms with van der Waals surface area (Å²) in [6, 6.07) is 20.8. The summed E-state index contributed by atoms with van der Waals surface area (Å²) < 4.78 is 0. The number of hydrogen-bond donors (Lipinski definition) is 2. The fourth-order valence-electron chi connectivity index (χ4n) is 6.05. The van der Waals surface area contributed by atoms with Crippen molar-refractivity contribution >= 4 is 18.7 Å². The highest BCUT2D eigenvalue weighted by Gasteiger charge is 2.52. The molecule has 162 valence electrons. The van der Waals surface area contributed by atoms with E-state index in [0.717, 1.165) is 42.7 Å². The van der Waals surface area contributed by atoms with Gasteiger partial charge in [0.25, 0.3) is 8.32 Å². The second-order valence-corrected chi connectivity index (χ2v) is 14.0. The Morgan fingerprint density at radius 2 is 1.40 bits per heavy atom. The van der Waals surface area contributed by atoms with Gasteiger partial charge in [0.05, 0.1) is 6.10 Å². The summed E-state index contributed by atoms with van der Waals surface area (Å²) in [5.41, 5.74) is 0. The molecule has 1 saturated carbocycles. The maximum Gasteiger partial charge on any atom is 0.258 e. The van der Waals surface area contributed by atoms with Crippen molar-refractivity contribution in [2.75, 3.05) is 13.1 Å². The number of likely N-dealkylation sites (tertiary alicyclic amines) is 1. The fraction of sp³-hybridized carbons (Fsp3) is 0.538. The van der Waals surface area contributed by atoms with Gasteiger partial charge in [-0.2, -0.15) is 0 Å². The van der Waals surface area contributed by atoms with Crippen LogP contribution in [0.2, 0.25) is 5.04 Å². The van der Waals surface area contributed by atoms with E-state index < -0.39 is 8.32 Å². The molecule has 3 nitrogen and oxygen atoms in total. The molecule has 4 rings (SSSR count). The average molecular weight is 424 g/mol. The SMILES string of the molecule is CC(C)(C[C@H]1CCC[C@@H](N2CCCC2)[C@@H]1O)[Si](O)(c1ccccc1)c1ccccc1. The number of rotatable bonds is 6. The molecule has 1 aliphatic heterocycles. The molecule has 0 amide bonds. The summed E-state index contributed by atoms with van der Waals surface area (Å²) >= 11 is 0. The highest BCUT2D eigenvalue weighted by molar-refractivity contribution is 6.98. The van der Waals surface area contributed by atoms with Gasteiger partial charge in [-0.1, -0.05) is 80.9 Å². The molecule has 2 N–H and O–H groups in total. The Bertz CT molecular complexity index is 765. The van der Waals surface area contributed by atoms with Crippen LogP contribution in [0.5, 0.6) is 0 Å². The third-order valence-electron chi connectivity index (χ3n) is 7.70. The fourth-order valence-corrected chi connectivity index (χ4v) is 9.85. The molecule has 1 aliphatic carbocycles. The standard InChI is InChI=1S/C26H37NO2Si/c1-26(2,20-21-12-11-17-24(25(21)28)27-18-9-10-19-27)30(29,22-13-5-3-6-14-22)23-15-7-4-8-16-23/h3-8,13-16,21,24-25,28-29H,9-12,17-20H2,1-2H3/t21-,24-,25-/m1/s1. The van der Waals surface area contributed by atoms with E-state index in [-0.39, 0.29) is 17.1 Å². The van der Waals surface area contributed by atoms with Crippen molar-refractivity contribution in [3.63, 3.8) is 0 Å². The lowest BCUT2D eigenvalue weighted by atomic mass is 9.78. The van der Waals surface area contributed by atoms with Crippen LogP contribution < -0.4 is 10.4 Å². The molecule has 0 unspecified atom stereocenters. The van der Waals surface area contributed by atoms with E-state index in [2.05, 4.69) is 43.0 Å². The summed E-state index contributed by atoms with van der Waals surface area (Å²) in [6.07, 6.45) is 6.42. The normalized spacial score (nSPS) is 26.1. The van der Waals surface area contributed by atoms with E-state index in [1.165, 1.54) is 19.3 Å². The zero-order valence-corrected chi connectivity index (χ0v) is 19.5. The van der Waals surface area contributed by atoms with Crippen molar-refractivity contribution in [3.8, 4) is 0 Å². The van der Waals surface area contributed by atoms with Crippen molar-refractivity contribution in [2.45, 2.75) is 69.6 Å². The zero-order chi connectivity index (χ0) is 21.2. The van der Waals surface area contributed by atoms with Crippen LogP contribution in [0.1, 0.15) is 52.4 Å². The maximum atomic E-state index is 12.4. The Balaban J connectivity index is 1.64. The van der Waals surface area contributed by atoms with Gasteiger partial charge >= 0.3 is 0 Å². The molecule has 3 atom stereocenters. The second kappa shape index (κ2) is 8.95. The molecule has 0 bridgehead atoms. The first-order valence-corrected chi connectivity index (χ1v) is 13.6. The topological polar surface area (TPSA) is 43.7 Å². The molecular weight excluding hydrogens is 386 g/mol. The van der Waals surface area contributed by atoms with Crippen LogP contribution in [0.25, 0.3) is 0 Å². The highest BCUT2D eigenvalue weighted by atomic mass is 28.4. The molecule has 2 fully saturated rings. The third-order valence-corrected chi connectivity index (χ3v) is 12.2. The van der Waals surface area contributed by atoms with Gasteiger partial charge in [-0.15, -0.1) is 0 Å². The smallest absolute Gasteiger partial charge is 0.258 e. The molecule has 2 aromatic carbocycles. The lowest BCUT2D eigenvalue weighted by molar-refractivity contribution is -0.0164. The van der Waals surface area contributed by atoms with E-state index in [9.17, 15) is 9.90 Å². The second-order valence-electron chi connectivity index (χ2n) is 10.0. The van der Waals surface area contributed by atoms with Gasteiger partial charge in [-0.25, -0.2) is 0 Å². The molecule has 0 radical (unpaired) electrons. The van der Waals surface area contributed by atoms with Crippen LogP contribution in [0.15, 0.2) is 60.7 Å². The minimum absolute atomic E-state index is 0.241. The summed E-state index contributed by atoms with van der Waals surface area (Å²) in [5, 5.41) is 13.2. The average Bonchev–Trinajstić information content (AvgIpc) is 3.30. The predicted octanol–water partition coefficient (Wildman–Crippen LogP) is 3.53. The van der Waals surface area contributed by atoms with E-state index in [1.54, 1.807) is 0 Å². The molecule has 4 heteroatoms. The number of benzene rings is 2. The van der Waals surface area contributed by atoms with Gasteiger partial charge in [0.15, 0.2) is 0 Å². The van der Waals surface area contributed by atoms with Crippen molar-refractivity contribution in [3.05, 3.63) is 60.7 Å². The first-order valence-electron chi connectivity index (χ1n) is 11.7. The van der Waals surface area contributed by atoms with Gasteiger partial charge in [-0.3, -0.25) is 4.90 Å². The molecule has 30 heavy (non-hydrogen) atoms. The van der Waals surface area contributed by atoms with Gasteiger partial charge in [0, 0.05) is 6.04 Å². The Hall–Kier alpha value is -1.46. The largest absolute Gasteiger partial charge is 0.424 e. The Morgan fingerprint density at radius 3 is 1.93 bits per heavy atom. The van der Waals surface area contributed by atoms with Gasteiger partial charge in [-0.05, 0) is 66.5 Å². The van der Waals surface area contributed by atoms with Crippen molar-refractivity contribution in [2.24, 2.45) is 5.92 Å². The molecule has 2 aliphatic rings. The maximum absolute atomic E-state index is 12.4. The van der Waals surface area contributed by atoms with E-state index in [1.807, 2.05) is 36.4 Å². The van der Waals surface area contributed by atoms with Gasteiger partial charge < -0.3 is 9.90 Å². The van der Waals surface area contributed by atoms with E-state index >= 15 is 0 Å². The Labute approximate surface area is 182 Å². The van der Waals surface area contributed by atoms with Crippen LogP contribution in [0.3, 0.4) is 0 Å². The molecule has 1 heterocycles. The molecule has 1 saturated heterocycles. The molecule has 0 spiro atoms. The van der Waals surface area contributed by atoms with Crippen molar-refractivity contribution < 1.29 is 9.90 Å². The third kappa shape index (κ3) is 4.03. The van der Waals surface area contributed by atoms with Crippen molar-refractivity contribution in [1.29, 1.82) is 0 Å². The minimum atomic E-state index is -3.02. The number of aliphatic hydroxyl groups excluding tert-OH is 1. The van der Waals surface area contributed by atoms with Crippen LogP contribution in [-0.2, 0) is 0 Å². The summed E-state index contributed by atoms with van der Waals surface area (Å²) in [6.45, 7) is 6.71. The van der Waals surface area contributed by atoms with E-state index in [0.29, 0.717) is 6.04 Å². The highest BCUT2D eigenvalue weighted by Crippen LogP contribution is 2.45. The first kappa shape index (κ1) is 21.8. The van der Waals surface area contributed by atoms with Crippen LogP contribution in [-0.4, -0.2) is 48.4 Å². The molecule has 0 aromatic heterocycles. The van der Waals surface area contributed by atoms with Crippen molar-refractivity contribution in [1.82, 2.24) is 4.90 Å². The van der Waals surface area contributed by atoms with Crippen LogP contribution in [0, 0.1) is 5.92 Å². The molecular formula is C26H37NO2Si. The monoisotopic (exact) mass is 423 g/mol. The van der Waals surface area contributed by atoms with Crippen LogP contribution in [0.4, 0.5) is 0 Å². The summed E-state index contributed by atoms with van der Waals surface area (Å²) in [5.74, 6) is 0.241. The Morgan fingerprint density at radius 1 is 0.867 bits per heavy atom. The number of aliphatic hydroxyl groups is 1. The summed E-state index contributed by atoms with van der Waals surface area (Å²) in [4.78, 5) is 14.9. The van der Waals surface area contributed by atoms with E-state index in [4.69, 9.17) is 0 Å². The van der Waals surface area contributed by atoms with Gasteiger partial charge in [0.1, 0.15) is 0 Å². The number of nitrogens with zero attached hydrogens (tertiary/aromatic N) is 1. The molecule has 2 aromatic rings. The predicted molar refractivity (Wildman–Crippen MR) is 127 cm³/mol. The lowest BCUT2D eigenvalue weighted by Crippen LogP contribution is -2.66. The minimum Gasteiger partial charge on any atom is -0.424 e. The van der Waals surface area contributed by atoms with Crippen LogP contribution >= 0.6 is 0 Å². The van der Waals surface area contributed by atoms with Gasteiger partial charge in [0.2, 0.25) is 0 Å². The number of hydrogen-bond acceptors (Lipinski definition) is 3. The Kier molecular flexibility index (Phi) is 6.49. The lowest BCUT2D eigenvalue weighted by Gasteiger charge is -2.47. The quantitative estimate of drug-likeness (QED) is 0.699.